The van der Waals surface area contributed by atoms with Crippen molar-refractivity contribution < 1.29 is 19.7 Å². The Morgan fingerprint density at radius 3 is 2.88 bits per heavy atom. The first-order valence-electron chi connectivity index (χ1n) is 7.26. The van der Waals surface area contributed by atoms with Crippen LogP contribution in [0, 0.1) is 10.1 Å². The molecule has 1 rings (SSSR count). The minimum absolute atomic E-state index is 0.0959. The molecule has 0 aliphatic rings. The predicted octanol–water partition coefficient (Wildman–Crippen LogP) is 1.65. The van der Waals surface area contributed by atoms with Crippen LogP contribution in [0.4, 0.5) is 0 Å². The van der Waals surface area contributed by atoms with Gasteiger partial charge in [0.2, 0.25) is 11.9 Å². The Bertz CT molecular complexity index is 657. The zero-order valence-corrected chi connectivity index (χ0v) is 13.7. The second-order valence-corrected chi connectivity index (χ2v) is 4.87. The summed E-state index contributed by atoms with van der Waals surface area (Å²) in [4.78, 5) is 26.5. The summed E-state index contributed by atoms with van der Waals surface area (Å²) in [5, 5.41) is 25.6. The topological polar surface area (TPSA) is 127 Å². The molecule has 0 aromatic carbocycles. The van der Waals surface area contributed by atoms with E-state index in [9.17, 15) is 14.9 Å². The highest BCUT2D eigenvalue weighted by Crippen LogP contribution is 2.13. The van der Waals surface area contributed by atoms with E-state index >= 15 is 0 Å². The normalized spacial score (nSPS) is 13.3. The molecular weight excluding hydrogens is 316 g/mol. The highest BCUT2D eigenvalue weighted by Gasteiger charge is 2.19. The lowest BCUT2D eigenvalue weighted by Crippen LogP contribution is -2.30. The van der Waals surface area contributed by atoms with Crippen molar-refractivity contribution in [1.29, 1.82) is 0 Å². The van der Waals surface area contributed by atoms with E-state index in [-0.39, 0.29) is 23.7 Å². The molecule has 0 saturated heterocycles. The number of ether oxygens (including phenoxy) is 1. The van der Waals surface area contributed by atoms with Crippen LogP contribution in [0.2, 0.25) is 0 Å². The van der Waals surface area contributed by atoms with Crippen LogP contribution in [-0.2, 0) is 0 Å². The van der Waals surface area contributed by atoms with Crippen LogP contribution in [0.25, 0.3) is 0 Å². The lowest BCUT2D eigenvalue weighted by atomic mass is 10.0. The molecule has 1 amide bonds. The SMILES string of the molecule is CC/C(=C\C(CNC(=O)c1cccnc1OC)=N/O)C(C)[N+](=O)[O-]. The lowest BCUT2D eigenvalue weighted by Gasteiger charge is -2.10. The largest absolute Gasteiger partial charge is 0.480 e. The number of oxime groups is 1. The van der Waals surface area contributed by atoms with E-state index in [1.54, 1.807) is 19.1 Å². The first kappa shape index (κ1) is 19.1. The van der Waals surface area contributed by atoms with Gasteiger partial charge in [-0.2, -0.15) is 0 Å². The van der Waals surface area contributed by atoms with Gasteiger partial charge in [-0.3, -0.25) is 14.9 Å². The Hall–Kier alpha value is -2.97. The van der Waals surface area contributed by atoms with E-state index in [0.717, 1.165) is 0 Å². The summed E-state index contributed by atoms with van der Waals surface area (Å²) < 4.78 is 5.00. The van der Waals surface area contributed by atoms with Gasteiger partial charge >= 0.3 is 0 Å². The molecule has 0 aliphatic carbocycles. The fourth-order valence-electron chi connectivity index (χ4n) is 1.98. The van der Waals surface area contributed by atoms with Crippen molar-refractivity contribution in [3.8, 4) is 5.88 Å². The molecule has 24 heavy (non-hydrogen) atoms. The summed E-state index contributed by atoms with van der Waals surface area (Å²) in [6.07, 6.45) is 3.32. The Balaban J connectivity index is 2.83. The summed E-state index contributed by atoms with van der Waals surface area (Å²) in [6, 6.07) is 2.23. The number of aromatic nitrogens is 1. The predicted molar refractivity (Wildman–Crippen MR) is 87.2 cm³/mol. The van der Waals surface area contributed by atoms with Crippen molar-refractivity contribution in [3.05, 3.63) is 45.7 Å². The Kier molecular flexibility index (Phi) is 7.34. The van der Waals surface area contributed by atoms with Crippen molar-refractivity contribution in [1.82, 2.24) is 10.3 Å². The summed E-state index contributed by atoms with van der Waals surface area (Å²) >= 11 is 0. The maximum atomic E-state index is 12.1. The highest BCUT2D eigenvalue weighted by atomic mass is 16.6. The molecule has 9 nitrogen and oxygen atoms in total. The van der Waals surface area contributed by atoms with E-state index in [0.29, 0.717) is 12.0 Å². The molecule has 9 heteroatoms. The molecular formula is C15H20N4O5. The Morgan fingerprint density at radius 1 is 1.62 bits per heavy atom. The van der Waals surface area contributed by atoms with Gasteiger partial charge in [0.25, 0.3) is 5.91 Å². The maximum Gasteiger partial charge on any atom is 0.257 e. The van der Waals surface area contributed by atoms with Gasteiger partial charge in [0.15, 0.2) is 0 Å². The number of nitrogens with zero attached hydrogens (tertiary/aromatic N) is 3. The molecule has 1 unspecified atom stereocenters. The van der Waals surface area contributed by atoms with E-state index in [1.165, 1.54) is 26.3 Å². The standard InChI is InChI=1S/C15H20N4O5/c1-4-11(10(2)19(22)23)8-12(18-21)9-17-14(20)13-6-5-7-16-15(13)24-3/h5-8,10,21H,4,9H2,1-3H3,(H,17,20)/b11-8+,18-12+. The summed E-state index contributed by atoms with van der Waals surface area (Å²) in [5.41, 5.74) is 0.827. The molecule has 130 valence electrons. The van der Waals surface area contributed by atoms with Crippen molar-refractivity contribution in [2.24, 2.45) is 5.16 Å². The van der Waals surface area contributed by atoms with Gasteiger partial charge in [0.05, 0.1) is 19.4 Å². The van der Waals surface area contributed by atoms with E-state index in [2.05, 4.69) is 15.5 Å². The molecule has 0 spiro atoms. The van der Waals surface area contributed by atoms with Crippen LogP contribution < -0.4 is 10.1 Å². The number of methoxy groups -OCH3 is 1. The van der Waals surface area contributed by atoms with Gasteiger partial charge in [0, 0.05) is 23.6 Å². The average Bonchev–Trinajstić information content (AvgIpc) is 2.61. The van der Waals surface area contributed by atoms with Crippen molar-refractivity contribution in [3.63, 3.8) is 0 Å². The van der Waals surface area contributed by atoms with Crippen LogP contribution >= 0.6 is 0 Å². The van der Waals surface area contributed by atoms with E-state index < -0.39 is 16.9 Å². The van der Waals surface area contributed by atoms with E-state index in [4.69, 9.17) is 9.94 Å². The molecule has 1 aromatic rings. The van der Waals surface area contributed by atoms with Gasteiger partial charge < -0.3 is 15.3 Å². The van der Waals surface area contributed by atoms with Crippen molar-refractivity contribution >= 4 is 11.6 Å². The number of carbonyl (C=O) groups excluding carboxylic acids is 1. The average molecular weight is 336 g/mol. The molecule has 0 aliphatic heterocycles. The van der Waals surface area contributed by atoms with Crippen molar-refractivity contribution in [2.45, 2.75) is 26.3 Å². The van der Waals surface area contributed by atoms with Gasteiger partial charge in [-0.05, 0) is 24.6 Å². The molecule has 0 saturated carbocycles. The minimum Gasteiger partial charge on any atom is -0.480 e. The first-order chi connectivity index (χ1) is 11.4. The van der Waals surface area contributed by atoms with Gasteiger partial charge in [-0.25, -0.2) is 4.98 Å². The van der Waals surface area contributed by atoms with Crippen LogP contribution in [0.15, 0.2) is 35.1 Å². The monoisotopic (exact) mass is 336 g/mol. The third-order valence-corrected chi connectivity index (χ3v) is 3.38. The smallest absolute Gasteiger partial charge is 0.257 e. The maximum absolute atomic E-state index is 12.1. The van der Waals surface area contributed by atoms with Gasteiger partial charge in [0.1, 0.15) is 5.56 Å². The second kappa shape index (κ2) is 9.23. The number of nitro groups is 1. The van der Waals surface area contributed by atoms with Crippen LogP contribution in [0.3, 0.4) is 0 Å². The third-order valence-electron chi connectivity index (χ3n) is 3.38. The number of nitrogens with one attached hydrogen (secondary N) is 1. The van der Waals surface area contributed by atoms with Crippen LogP contribution in [0.1, 0.15) is 30.6 Å². The summed E-state index contributed by atoms with van der Waals surface area (Å²) in [5.74, 6) is -0.292. The molecule has 1 heterocycles. The third kappa shape index (κ3) is 5.04. The summed E-state index contributed by atoms with van der Waals surface area (Å²) in [7, 11) is 1.40. The number of rotatable bonds is 8. The fraction of sp³-hybridized carbons (Fsp3) is 0.400. The zero-order chi connectivity index (χ0) is 18.1. The second-order valence-electron chi connectivity index (χ2n) is 4.87. The summed E-state index contributed by atoms with van der Waals surface area (Å²) in [6.45, 7) is 3.12. The van der Waals surface area contributed by atoms with Crippen LogP contribution in [-0.4, -0.2) is 46.4 Å². The zero-order valence-electron chi connectivity index (χ0n) is 13.7. The molecule has 0 bridgehead atoms. The number of hydrogen-bond donors (Lipinski definition) is 2. The number of pyridine rings is 1. The van der Waals surface area contributed by atoms with E-state index in [1.807, 2.05) is 0 Å². The molecule has 1 atom stereocenters. The molecule has 0 fully saturated rings. The van der Waals surface area contributed by atoms with Crippen LogP contribution in [0.5, 0.6) is 5.88 Å². The lowest BCUT2D eigenvalue weighted by molar-refractivity contribution is -0.507. The fourth-order valence-corrected chi connectivity index (χ4v) is 1.98. The van der Waals surface area contributed by atoms with Gasteiger partial charge in [-0.1, -0.05) is 12.1 Å². The van der Waals surface area contributed by atoms with Crippen molar-refractivity contribution in [2.75, 3.05) is 13.7 Å². The highest BCUT2D eigenvalue weighted by molar-refractivity contribution is 6.02. The number of hydrogen-bond acceptors (Lipinski definition) is 7. The number of carbonyl (C=O) groups is 1. The first-order valence-corrected chi connectivity index (χ1v) is 7.26. The Labute approximate surface area is 139 Å². The minimum atomic E-state index is -0.902. The molecule has 2 N–H and O–H groups in total. The quantitative estimate of drug-likeness (QED) is 0.322. The number of amides is 1. The Morgan fingerprint density at radius 2 is 2.33 bits per heavy atom. The molecule has 0 radical (unpaired) electrons. The molecule has 1 aromatic heterocycles. The van der Waals surface area contributed by atoms with Gasteiger partial charge in [-0.15, -0.1) is 0 Å².